The van der Waals surface area contributed by atoms with Gasteiger partial charge in [-0.25, -0.2) is 0 Å². The summed E-state index contributed by atoms with van der Waals surface area (Å²) in [6, 6.07) is 0.322. The number of hydrogen-bond acceptors (Lipinski definition) is 3. The number of piperazine rings is 1. The van der Waals surface area contributed by atoms with E-state index in [9.17, 15) is 4.79 Å². The van der Waals surface area contributed by atoms with Crippen molar-refractivity contribution in [3.8, 4) is 0 Å². The van der Waals surface area contributed by atoms with Crippen LogP contribution in [0.25, 0.3) is 0 Å². The lowest BCUT2D eigenvalue weighted by molar-refractivity contribution is -0.137. The highest BCUT2D eigenvalue weighted by Gasteiger charge is 2.35. The Morgan fingerprint density at radius 3 is 2.72 bits per heavy atom. The van der Waals surface area contributed by atoms with Crippen LogP contribution in [0.3, 0.4) is 0 Å². The molecule has 0 bridgehead atoms. The van der Waals surface area contributed by atoms with Crippen LogP contribution in [0.5, 0.6) is 0 Å². The van der Waals surface area contributed by atoms with Crippen LogP contribution in [0.2, 0.25) is 0 Å². The molecule has 0 aromatic carbocycles. The Morgan fingerprint density at radius 2 is 2.17 bits per heavy atom. The first-order chi connectivity index (χ1) is 8.35. The van der Waals surface area contributed by atoms with Gasteiger partial charge in [0.2, 0.25) is 5.91 Å². The lowest BCUT2D eigenvalue weighted by Crippen LogP contribution is -2.63. The fourth-order valence-electron chi connectivity index (χ4n) is 2.49. The first-order valence-electron chi connectivity index (χ1n) is 6.89. The molecule has 4 nitrogen and oxygen atoms in total. The Bertz CT molecular complexity index is 277. The van der Waals surface area contributed by atoms with Crippen LogP contribution in [0.4, 0.5) is 0 Å². The molecular weight excluding hydrogens is 228 g/mol. The predicted molar refractivity (Wildman–Crippen MR) is 73.5 cm³/mol. The molecule has 1 atom stereocenters. The Kier molecular flexibility index (Phi) is 5.60. The summed E-state index contributed by atoms with van der Waals surface area (Å²) in [6.45, 7) is 10.9. The molecule has 1 aliphatic heterocycles. The van der Waals surface area contributed by atoms with Crippen LogP contribution in [-0.2, 0) is 9.53 Å². The highest BCUT2D eigenvalue weighted by molar-refractivity contribution is 5.77. The Balaban J connectivity index is 2.67. The van der Waals surface area contributed by atoms with Crippen molar-refractivity contribution in [1.29, 1.82) is 0 Å². The largest absolute Gasteiger partial charge is 0.384 e. The van der Waals surface area contributed by atoms with Gasteiger partial charge >= 0.3 is 0 Å². The van der Waals surface area contributed by atoms with E-state index in [4.69, 9.17) is 4.74 Å². The summed E-state index contributed by atoms with van der Waals surface area (Å²) in [7, 11) is 1.64. The number of methoxy groups -OCH3 is 1. The number of carbonyl (C=O) groups is 1. The molecule has 1 fully saturated rings. The maximum atomic E-state index is 12.3. The third-order valence-electron chi connectivity index (χ3n) is 3.41. The average Bonchev–Trinajstić information content (AvgIpc) is 2.27. The van der Waals surface area contributed by atoms with E-state index in [1.807, 2.05) is 0 Å². The van der Waals surface area contributed by atoms with E-state index >= 15 is 0 Å². The van der Waals surface area contributed by atoms with Gasteiger partial charge < -0.3 is 15.0 Å². The molecule has 1 aliphatic rings. The monoisotopic (exact) mass is 256 g/mol. The second-order valence-electron chi connectivity index (χ2n) is 6.31. The van der Waals surface area contributed by atoms with Crippen molar-refractivity contribution in [3.05, 3.63) is 0 Å². The number of amides is 1. The number of rotatable bonds is 5. The molecule has 1 amide bonds. The number of hydrogen-bond donors (Lipinski definition) is 1. The molecule has 0 aliphatic carbocycles. The molecule has 0 aromatic rings. The van der Waals surface area contributed by atoms with E-state index in [0.29, 0.717) is 25.0 Å². The SMILES string of the molecule is COCCC(=O)N1CC(C)(C)NCC1CC(C)C. The first-order valence-corrected chi connectivity index (χ1v) is 6.89. The van der Waals surface area contributed by atoms with Crippen molar-refractivity contribution >= 4 is 5.91 Å². The molecule has 18 heavy (non-hydrogen) atoms. The second-order valence-corrected chi connectivity index (χ2v) is 6.31. The minimum Gasteiger partial charge on any atom is -0.384 e. The van der Waals surface area contributed by atoms with E-state index in [2.05, 4.69) is 37.9 Å². The zero-order chi connectivity index (χ0) is 13.8. The van der Waals surface area contributed by atoms with Crippen molar-refractivity contribution in [2.45, 2.75) is 52.1 Å². The van der Waals surface area contributed by atoms with Gasteiger partial charge in [-0.2, -0.15) is 0 Å². The topological polar surface area (TPSA) is 41.6 Å². The molecule has 106 valence electrons. The minimum atomic E-state index is 0.0101. The van der Waals surface area contributed by atoms with Gasteiger partial charge in [0.25, 0.3) is 0 Å². The molecule has 0 radical (unpaired) electrons. The van der Waals surface area contributed by atoms with Gasteiger partial charge in [-0.15, -0.1) is 0 Å². The summed E-state index contributed by atoms with van der Waals surface area (Å²) in [5.41, 5.74) is 0.0101. The summed E-state index contributed by atoms with van der Waals surface area (Å²) in [4.78, 5) is 14.3. The summed E-state index contributed by atoms with van der Waals surface area (Å²) in [6.07, 6.45) is 1.54. The Labute approximate surface area is 111 Å². The van der Waals surface area contributed by atoms with Gasteiger partial charge in [0.15, 0.2) is 0 Å². The van der Waals surface area contributed by atoms with E-state index in [-0.39, 0.29) is 11.4 Å². The van der Waals surface area contributed by atoms with Crippen LogP contribution in [0.15, 0.2) is 0 Å². The molecule has 0 saturated carbocycles. The van der Waals surface area contributed by atoms with E-state index in [1.165, 1.54) is 0 Å². The summed E-state index contributed by atoms with van der Waals surface area (Å²) in [5.74, 6) is 0.827. The zero-order valence-corrected chi connectivity index (χ0v) is 12.5. The summed E-state index contributed by atoms with van der Waals surface area (Å²) < 4.78 is 5.01. The number of ether oxygens (including phenoxy) is 1. The van der Waals surface area contributed by atoms with Crippen LogP contribution in [-0.4, -0.2) is 49.2 Å². The van der Waals surface area contributed by atoms with Crippen LogP contribution in [0, 0.1) is 5.92 Å². The Morgan fingerprint density at radius 1 is 1.50 bits per heavy atom. The zero-order valence-electron chi connectivity index (χ0n) is 12.5. The van der Waals surface area contributed by atoms with Gasteiger partial charge in [0.05, 0.1) is 13.0 Å². The third-order valence-corrected chi connectivity index (χ3v) is 3.41. The fourth-order valence-corrected chi connectivity index (χ4v) is 2.49. The van der Waals surface area contributed by atoms with Crippen LogP contribution < -0.4 is 5.32 Å². The molecule has 1 rings (SSSR count). The lowest BCUT2D eigenvalue weighted by atomic mass is 9.93. The number of nitrogens with zero attached hydrogens (tertiary/aromatic N) is 1. The van der Waals surface area contributed by atoms with Crippen molar-refractivity contribution in [3.63, 3.8) is 0 Å². The smallest absolute Gasteiger partial charge is 0.225 e. The van der Waals surface area contributed by atoms with Crippen molar-refractivity contribution in [2.24, 2.45) is 5.92 Å². The van der Waals surface area contributed by atoms with Gasteiger partial charge in [-0.3, -0.25) is 4.79 Å². The number of nitrogens with one attached hydrogen (secondary N) is 1. The number of carbonyl (C=O) groups excluding carboxylic acids is 1. The van der Waals surface area contributed by atoms with E-state index in [1.54, 1.807) is 7.11 Å². The highest BCUT2D eigenvalue weighted by Crippen LogP contribution is 2.20. The lowest BCUT2D eigenvalue weighted by Gasteiger charge is -2.45. The molecule has 0 spiro atoms. The van der Waals surface area contributed by atoms with E-state index in [0.717, 1.165) is 19.5 Å². The predicted octanol–water partition coefficient (Wildman–Crippen LogP) is 1.65. The van der Waals surface area contributed by atoms with Crippen molar-refractivity contribution in [1.82, 2.24) is 10.2 Å². The normalized spacial score (nSPS) is 23.4. The molecule has 1 N–H and O–H groups in total. The minimum absolute atomic E-state index is 0.0101. The summed E-state index contributed by atoms with van der Waals surface area (Å²) >= 11 is 0. The van der Waals surface area contributed by atoms with Gasteiger partial charge in [0.1, 0.15) is 0 Å². The highest BCUT2D eigenvalue weighted by atomic mass is 16.5. The molecule has 4 heteroatoms. The third kappa shape index (κ3) is 4.58. The maximum absolute atomic E-state index is 12.3. The van der Waals surface area contributed by atoms with E-state index < -0.39 is 0 Å². The quantitative estimate of drug-likeness (QED) is 0.813. The summed E-state index contributed by atoms with van der Waals surface area (Å²) in [5, 5.41) is 3.53. The first kappa shape index (κ1) is 15.4. The van der Waals surface area contributed by atoms with Gasteiger partial charge in [0, 0.05) is 31.8 Å². The van der Waals surface area contributed by atoms with Gasteiger partial charge in [-0.1, -0.05) is 13.8 Å². The second kappa shape index (κ2) is 6.53. The van der Waals surface area contributed by atoms with Gasteiger partial charge in [-0.05, 0) is 26.2 Å². The average molecular weight is 256 g/mol. The Hall–Kier alpha value is -0.610. The van der Waals surface area contributed by atoms with Crippen molar-refractivity contribution < 1.29 is 9.53 Å². The molecule has 1 unspecified atom stereocenters. The molecular formula is C14H28N2O2. The maximum Gasteiger partial charge on any atom is 0.225 e. The molecule has 1 heterocycles. The fraction of sp³-hybridized carbons (Fsp3) is 0.929. The van der Waals surface area contributed by atoms with Crippen LogP contribution >= 0.6 is 0 Å². The molecule has 0 aromatic heterocycles. The van der Waals surface area contributed by atoms with Crippen molar-refractivity contribution in [2.75, 3.05) is 26.8 Å². The standard InChI is InChI=1S/C14H28N2O2/c1-11(2)8-12-9-15-14(3,4)10-16(12)13(17)6-7-18-5/h11-12,15H,6-10H2,1-5H3. The molecule has 1 saturated heterocycles. The van der Waals surface area contributed by atoms with Crippen LogP contribution in [0.1, 0.15) is 40.5 Å².